The van der Waals surface area contributed by atoms with E-state index in [1.165, 1.54) is 0 Å². The maximum Gasteiger partial charge on any atom is 0.282 e. The van der Waals surface area contributed by atoms with Gasteiger partial charge in [-0.1, -0.05) is 35.3 Å². The van der Waals surface area contributed by atoms with Gasteiger partial charge in [0.15, 0.2) is 12.6 Å². The van der Waals surface area contributed by atoms with E-state index in [4.69, 9.17) is 23.2 Å². The number of aryl methyl sites for hydroxylation is 1. The van der Waals surface area contributed by atoms with E-state index < -0.39 is 6.04 Å². The van der Waals surface area contributed by atoms with E-state index in [-0.39, 0.29) is 18.4 Å². The Balaban J connectivity index is 1.95. The molecule has 2 rings (SSSR count). The summed E-state index contributed by atoms with van der Waals surface area (Å²) in [6.45, 7) is 5.89. The molecule has 0 heterocycles. The van der Waals surface area contributed by atoms with Crippen LogP contribution in [0.2, 0.25) is 10.0 Å². The highest BCUT2D eigenvalue weighted by Gasteiger charge is 2.24. The van der Waals surface area contributed by atoms with Gasteiger partial charge >= 0.3 is 0 Å². The van der Waals surface area contributed by atoms with Crippen LogP contribution in [0.1, 0.15) is 18.1 Å². The summed E-state index contributed by atoms with van der Waals surface area (Å²) in [5.74, 6) is -0.373. The molecule has 0 saturated carbocycles. The summed E-state index contributed by atoms with van der Waals surface area (Å²) < 4.78 is 0. The molecule has 0 aliphatic heterocycles. The van der Waals surface area contributed by atoms with Gasteiger partial charge in [-0.2, -0.15) is 0 Å². The van der Waals surface area contributed by atoms with Gasteiger partial charge in [0.05, 0.1) is 17.8 Å². The molecular formula is C20H24Cl2N3O2+. The molecule has 0 aliphatic rings. The van der Waals surface area contributed by atoms with Crippen LogP contribution in [0.3, 0.4) is 0 Å². The molecule has 2 aromatic rings. The maximum atomic E-state index is 12.5. The Morgan fingerprint density at radius 2 is 1.78 bits per heavy atom. The highest BCUT2D eigenvalue weighted by Crippen LogP contribution is 2.25. The van der Waals surface area contributed by atoms with E-state index in [9.17, 15) is 9.59 Å². The lowest BCUT2D eigenvalue weighted by Crippen LogP contribution is -3.14. The molecule has 0 bridgehead atoms. The Morgan fingerprint density at radius 3 is 2.44 bits per heavy atom. The SMILES string of the molecule is Cc1cccc(NC(=O)C[NH+](C)[C@@H](C)C(=O)Nc2ccc(Cl)cc2Cl)c1C. The van der Waals surface area contributed by atoms with Gasteiger partial charge in [-0.15, -0.1) is 0 Å². The van der Waals surface area contributed by atoms with Gasteiger partial charge in [0.1, 0.15) is 0 Å². The zero-order chi connectivity index (χ0) is 20.1. The van der Waals surface area contributed by atoms with Crippen LogP contribution in [-0.2, 0) is 9.59 Å². The number of carbonyl (C=O) groups is 2. The Morgan fingerprint density at radius 1 is 1.07 bits per heavy atom. The molecule has 5 nitrogen and oxygen atoms in total. The van der Waals surface area contributed by atoms with Gasteiger partial charge in [0.2, 0.25) is 0 Å². The fourth-order valence-corrected chi connectivity index (χ4v) is 3.00. The number of halogens is 2. The van der Waals surface area contributed by atoms with Crippen LogP contribution in [0.25, 0.3) is 0 Å². The number of benzene rings is 2. The maximum absolute atomic E-state index is 12.5. The second-order valence-electron chi connectivity index (χ2n) is 6.65. The minimum Gasteiger partial charge on any atom is -0.321 e. The lowest BCUT2D eigenvalue weighted by Gasteiger charge is -2.21. The fourth-order valence-electron chi connectivity index (χ4n) is 2.54. The first-order chi connectivity index (χ1) is 12.7. The lowest BCUT2D eigenvalue weighted by atomic mass is 10.1. The minimum atomic E-state index is -0.443. The van der Waals surface area contributed by atoms with Crippen molar-refractivity contribution in [3.05, 3.63) is 57.6 Å². The highest BCUT2D eigenvalue weighted by atomic mass is 35.5. The Kier molecular flexibility index (Phi) is 7.25. The normalized spacial score (nSPS) is 13.0. The first kappa shape index (κ1) is 21.2. The molecule has 27 heavy (non-hydrogen) atoms. The summed E-state index contributed by atoms with van der Waals surface area (Å²) in [5, 5.41) is 6.56. The predicted octanol–water partition coefficient (Wildman–Crippen LogP) is 3.09. The fraction of sp³-hybridized carbons (Fsp3) is 0.300. The molecule has 2 aromatic carbocycles. The quantitative estimate of drug-likeness (QED) is 0.687. The summed E-state index contributed by atoms with van der Waals surface area (Å²) in [7, 11) is 1.80. The van der Waals surface area contributed by atoms with Crippen LogP contribution in [0.5, 0.6) is 0 Å². The van der Waals surface area contributed by atoms with Crippen molar-refractivity contribution in [1.29, 1.82) is 0 Å². The third-order valence-electron chi connectivity index (χ3n) is 4.64. The first-order valence-corrected chi connectivity index (χ1v) is 9.39. The summed E-state index contributed by atoms with van der Waals surface area (Å²) in [5.41, 5.74) is 3.43. The molecule has 1 unspecified atom stereocenters. The molecule has 2 amide bonds. The lowest BCUT2D eigenvalue weighted by molar-refractivity contribution is -0.885. The van der Waals surface area contributed by atoms with Crippen LogP contribution >= 0.6 is 23.2 Å². The monoisotopic (exact) mass is 408 g/mol. The molecule has 0 radical (unpaired) electrons. The van der Waals surface area contributed by atoms with Gasteiger partial charge < -0.3 is 15.5 Å². The number of anilines is 2. The number of likely N-dealkylation sites (N-methyl/N-ethyl adjacent to an activating group) is 1. The number of amides is 2. The zero-order valence-corrected chi connectivity index (χ0v) is 17.3. The smallest absolute Gasteiger partial charge is 0.282 e. The van der Waals surface area contributed by atoms with Gasteiger partial charge in [0.25, 0.3) is 11.8 Å². The Hall–Kier alpha value is -2.08. The second-order valence-corrected chi connectivity index (χ2v) is 7.50. The van der Waals surface area contributed by atoms with Crippen LogP contribution in [0, 0.1) is 13.8 Å². The summed E-state index contributed by atoms with van der Waals surface area (Å²) >= 11 is 12.0. The number of hydrogen-bond acceptors (Lipinski definition) is 2. The average molecular weight is 409 g/mol. The Labute approximate surface area is 169 Å². The molecule has 2 atom stereocenters. The minimum absolute atomic E-state index is 0.148. The topological polar surface area (TPSA) is 62.6 Å². The molecular weight excluding hydrogens is 385 g/mol. The van der Waals surface area contributed by atoms with E-state index in [1.54, 1.807) is 32.2 Å². The van der Waals surface area contributed by atoms with Crippen LogP contribution in [0.15, 0.2) is 36.4 Å². The van der Waals surface area contributed by atoms with Crippen molar-refractivity contribution in [2.45, 2.75) is 26.8 Å². The summed E-state index contributed by atoms with van der Waals surface area (Å²) in [6, 6.07) is 10.2. The third kappa shape index (κ3) is 5.70. The molecule has 7 heteroatoms. The summed E-state index contributed by atoms with van der Waals surface area (Å²) in [4.78, 5) is 25.6. The molecule has 144 valence electrons. The molecule has 0 saturated heterocycles. The van der Waals surface area contributed by atoms with Gasteiger partial charge in [-0.25, -0.2) is 0 Å². The van der Waals surface area contributed by atoms with Crippen molar-refractivity contribution in [1.82, 2.24) is 0 Å². The summed E-state index contributed by atoms with van der Waals surface area (Å²) in [6.07, 6.45) is 0. The van der Waals surface area contributed by atoms with Crippen molar-refractivity contribution in [3.63, 3.8) is 0 Å². The van der Waals surface area contributed by atoms with E-state index in [0.717, 1.165) is 21.7 Å². The van der Waals surface area contributed by atoms with Crippen LogP contribution in [0.4, 0.5) is 11.4 Å². The van der Waals surface area contributed by atoms with Crippen molar-refractivity contribution in [2.75, 3.05) is 24.2 Å². The van der Waals surface area contributed by atoms with Gasteiger partial charge in [-0.3, -0.25) is 9.59 Å². The number of hydrogen-bond donors (Lipinski definition) is 3. The standard InChI is InChI=1S/C20H23Cl2N3O2/c1-12-6-5-7-17(13(12)2)23-19(26)11-25(4)14(3)20(27)24-18-9-8-15(21)10-16(18)22/h5-10,14H,11H2,1-4H3,(H,23,26)(H,24,27)/p+1/t14-/m0/s1. The first-order valence-electron chi connectivity index (χ1n) is 8.63. The number of quaternary nitrogens is 1. The van der Waals surface area contributed by atoms with E-state index in [2.05, 4.69) is 10.6 Å². The van der Waals surface area contributed by atoms with E-state index in [0.29, 0.717) is 15.7 Å². The number of nitrogens with one attached hydrogen (secondary N) is 3. The second kappa shape index (κ2) is 9.22. The molecule has 0 spiro atoms. The number of rotatable bonds is 6. The van der Waals surface area contributed by atoms with Crippen LogP contribution in [-0.4, -0.2) is 31.4 Å². The molecule has 0 aliphatic carbocycles. The molecule has 0 fully saturated rings. The van der Waals surface area contributed by atoms with Crippen molar-refractivity contribution in [2.24, 2.45) is 0 Å². The third-order valence-corrected chi connectivity index (χ3v) is 5.19. The average Bonchev–Trinajstić information content (AvgIpc) is 2.60. The van der Waals surface area contributed by atoms with Crippen molar-refractivity contribution >= 4 is 46.4 Å². The molecule has 3 N–H and O–H groups in total. The largest absolute Gasteiger partial charge is 0.321 e. The number of carbonyl (C=O) groups excluding carboxylic acids is 2. The van der Waals surface area contributed by atoms with Crippen molar-refractivity contribution in [3.8, 4) is 0 Å². The van der Waals surface area contributed by atoms with E-state index in [1.807, 2.05) is 32.0 Å². The van der Waals surface area contributed by atoms with Crippen LogP contribution < -0.4 is 15.5 Å². The molecule has 0 aromatic heterocycles. The Bertz CT molecular complexity index is 855. The van der Waals surface area contributed by atoms with Gasteiger partial charge in [0, 0.05) is 10.7 Å². The predicted molar refractivity (Wildman–Crippen MR) is 111 cm³/mol. The zero-order valence-electron chi connectivity index (χ0n) is 15.8. The van der Waals surface area contributed by atoms with Gasteiger partial charge in [-0.05, 0) is 56.2 Å². The highest BCUT2D eigenvalue weighted by molar-refractivity contribution is 6.36. The van der Waals surface area contributed by atoms with E-state index >= 15 is 0 Å². The van der Waals surface area contributed by atoms with Crippen molar-refractivity contribution < 1.29 is 14.5 Å².